The van der Waals surface area contributed by atoms with E-state index in [0.29, 0.717) is 25.9 Å². The monoisotopic (exact) mass is 293 g/mol. The van der Waals surface area contributed by atoms with E-state index in [0.717, 1.165) is 5.56 Å². The van der Waals surface area contributed by atoms with E-state index in [1.165, 1.54) is 12.1 Å². The first-order valence-corrected chi connectivity index (χ1v) is 7.10. The molecule has 1 aliphatic rings. The Hall–Kier alpha value is -1.91. The molecule has 1 aromatic rings. The van der Waals surface area contributed by atoms with Gasteiger partial charge in [0.1, 0.15) is 5.82 Å². The minimum Gasteiger partial charge on any atom is -0.481 e. The highest BCUT2D eigenvalue weighted by Crippen LogP contribution is 2.28. The number of nitrogens with zero attached hydrogens (tertiary/aromatic N) is 1. The molecule has 0 radical (unpaired) electrons. The number of carbonyl (C=O) groups excluding carboxylic acids is 1. The lowest BCUT2D eigenvalue weighted by Crippen LogP contribution is -2.47. The smallest absolute Gasteiger partial charge is 0.306 e. The van der Waals surface area contributed by atoms with Crippen LogP contribution in [0.4, 0.5) is 4.39 Å². The van der Waals surface area contributed by atoms with Gasteiger partial charge in [-0.05, 0) is 44.4 Å². The van der Waals surface area contributed by atoms with Crippen LogP contribution in [0.5, 0.6) is 0 Å². The van der Waals surface area contributed by atoms with Crippen molar-refractivity contribution in [3.8, 4) is 0 Å². The van der Waals surface area contributed by atoms with Gasteiger partial charge in [0.15, 0.2) is 0 Å². The molecule has 0 bridgehead atoms. The van der Waals surface area contributed by atoms with Crippen LogP contribution < -0.4 is 0 Å². The normalized spacial score (nSPS) is 16.8. The molecule has 0 atom stereocenters. The van der Waals surface area contributed by atoms with Crippen molar-refractivity contribution in [3.63, 3.8) is 0 Å². The largest absolute Gasteiger partial charge is 0.481 e. The molecule has 21 heavy (non-hydrogen) atoms. The average molecular weight is 293 g/mol. The number of halogens is 1. The topological polar surface area (TPSA) is 57.6 Å². The Morgan fingerprint density at radius 1 is 1.19 bits per heavy atom. The molecule has 0 unspecified atom stereocenters. The van der Waals surface area contributed by atoms with Gasteiger partial charge in [0.25, 0.3) is 0 Å². The molecule has 1 heterocycles. The van der Waals surface area contributed by atoms with Crippen molar-refractivity contribution < 1.29 is 19.1 Å². The number of carboxylic acids is 1. The van der Waals surface area contributed by atoms with Crippen LogP contribution in [0.3, 0.4) is 0 Å². The highest BCUT2D eigenvalue weighted by Gasteiger charge is 2.36. The average Bonchev–Trinajstić information content (AvgIpc) is 2.47. The van der Waals surface area contributed by atoms with Gasteiger partial charge >= 0.3 is 5.97 Å². The summed E-state index contributed by atoms with van der Waals surface area (Å²) in [6.45, 7) is 4.54. The Labute approximate surface area is 123 Å². The van der Waals surface area contributed by atoms with Gasteiger partial charge in [-0.3, -0.25) is 9.59 Å². The highest BCUT2D eigenvalue weighted by atomic mass is 19.1. The number of aliphatic carboxylic acids is 1. The predicted molar refractivity (Wildman–Crippen MR) is 76.4 cm³/mol. The van der Waals surface area contributed by atoms with Gasteiger partial charge in [-0.2, -0.15) is 0 Å². The van der Waals surface area contributed by atoms with Crippen molar-refractivity contribution in [2.75, 3.05) is 13.1 Å². The summed E-state index contributed by atoms with van der Waals surface area (Å²) in [5, 5.41) is 8.99. The number of carbonyl (C=O) groups is 2. The second-order valence-electron chi connectivity index (χ2n) is 6.04. The molecule has 1 amide bonds. The van der Waals surface area contributed by atoms with Crippen LogP contribution in [-0.2, 0) is 15.0 Å². The number of carboxylic acid groups (broad SMARTS) is 1. The molecule has 1 N–H and O–H groups in total. The standard InChI is InChI=1S/C16H20FNO3/c1-16(2,12-3-5-13(17)6-4-12)15(21)18-9-7-11(8-10-18)14(19)20/h3-6,11H,7-10H2,1-2H3,(H,19,20). The van der Waals surface area contributed by atoms with Crippen LogP contribution in [0.1, 0.15) is 32.3 Å². The molecule has 0 aliphatic carbocycles. The molecule has 0 spiro atoms. The van der Waals surface area contributed by atoms with Crippen LogP contribution >= 0.6 is 0 Å². The minimum atomic E-state index is -0.792. The molecular weight excluding hydrogens is 273 g/mol. The first-order chi connectivity index (χ1) is 9.82. The summed E-state index contributed by atoms with van der Waals surface area (Å²) in [5.74, 6) is -1.52. The number of likely N-dealkylation sites (tertiary alicyclic amines) is 1. The maximum Gasteiger partial charge on any atom is 0.306 e. The van der Waals surface area contributed by atoms with E-state index in [1.54, 1.807) is 17.0 Å². The summed E-state index contributed by atoms with van der Waals surface area (Å²) >= 11 is 0. The number of piperidine rings is 1. The molecule has 114 valence electrons. The van der Waals surface area contributed by atoms with Gasteiger partial charge in [-0.15, -0.1) is 0 Å². The highest BCUT2D eigenvalue weighted by molar-refractivity contribution is 5.87. The summed E-state index contributed by atoms with van der Waals surface area (Å²) in [4.78, 5) is 25.3. The molecule has 1 aromatic carbocycles. The molecular formula is C16H20FNO3. The number of rotatable bonds is 3. The van der Waals surface area contributed by atoms with Gasteiger partial charge < -0.3 is 10.0 Å². The van der Waals surface area contributed by atoms with Crippen molar-refractivity contribution in [1.29, 1.82) is 0 Å². The number of benzene rings is 1. The van der Waals surface area contributed by atoms with Gasteiger partial charge in [0.2, 0.25) is 5.91 Å². The number of hydrogen-bond donors (Lipinski definition) is 1. The Kier molecular flexibility index (Phi) is 4.30. The molecule has 0 saturated carbocycles. The zero-order chi connectivity index (χ0) is 15.6. The van der Waals surface area contributed by atoms with E-state index in [9.17, 15) is 14.0 Å². The van der Waals surface area contributed by atoms with Gasteiger partial charge in [0, 0.05) is 13.1 Å². The summed E-state index contributed by atoms with van der Waals surface area (Å²) in [7, 11) is 0. The summed E-state index contributed by atoms with van der Waals surface area (Å²) in [6.07, 6.45) is 0.973. The van der Waals surface area contributed by atoms with Crippen molar-refractivity contribution in [3.05, 3.63) is 35.6 Å². The lowest BCUT2D eigenvalue weighted by molar-refractivity contribution is -0.147. The molecule has 2 rings (SSSR count). The first kappa shape index (κ1) is 15.5. The number of amides is 1. The Balaban J connectivity index is 2.09. The Morgan fingerprint density at radius 3 is 2.19 bits per heavy atom. The van der Waals surface area contributed by atoms with Crippen LogP contribution in [0, 0.1) is 11.7 Å². The van der Waals surface area contributed by atoms with Crippen LogP contribution in [0.15, 0.2) is 24.3 Å². The third-order valence-corrected chi connectivity index (χ3v) is 4.23. The lowest BCUT2D eigenvalue weighted by atomic mass is 9.82. The fraction of sp³-hybridized carbons (Fsp3) is 0.500. The van der Waals surface area contributed by atoms with E-state index >= 15 is 0 Å². The fourth-order valence-electron chi connectivity index (χ4n) is 2.71. The number of hydrogen-bond acceptors (Lipinski definition) is 2. The van der Waals surface area contributed by atoms with Crippen LogP contribution in [0.25, 0.3) is 0 Å². The van der Waals surface area contributed by atoms with E-state index in [2.05, 4.69) is 0 Å². The third kappa shape index (κ3) is 3.23. The van der Waals surface area contributed by atoms with Gasteiger partial charge in [-0.1, -0.05) is 12.1 Å². The van der Waals surface area contributed by atoms with E-state index in [4.69, 9.17) is 5.11 Å². The van der Waals surface area contributed by atoms with Crippen molar-refractivity contribution in [2.45, 2.75) is 32.1 Å². The van der Waals surface area contributed by atoms with E-state index in [1.807, 2.05) is 13.8 Å². The second-order valence-corrected chi connectivity index (χ2v) is 6.04. The van der Waals surface area contributed by atoms with Crippen LogP contribution in [0.2, 0.25) is 0 Å². The van der Waals surface area contributed by atoms with Crippen molar-refractivity contribution >= 4 is 11.9 Å². The van der Waals surface area contributed by atoms with Crippen molar-refractivity contribution in [1.82, 2.24) is 4.90 Å². The van der Waals surface area contributed by atoms with Crippen LogP contribution in [-0.4, -0.2) is 35.0 Å². The zero-order valence-electron chi connectivity index (χ0n) is 12.3. The van der Waals surface area contributed by atoms with E-state index in [-0.39, 0.29) is 17.6 Å². The molecule has 1 fully saturated rings. The molecule has 1 aliphatic heterocycles. The maximum absolute atomic E-state index is 13.0. The third-order valence-electron chi connectivity index (χ3n) is 4.23. The minimum absolute atomic E-state index is 0.0436. The first-order valence-electron chi connectivity index (χ1n) is 7.10. The zero-order valence-corrected chi connectivity index (χ0v) is 12.3. The molecule has 4 nitrogen and oxygen atoms in total. The maximum atomic E-state index is 13.0. The summed E-state index contributed by atoms with van der Waals surface area (Å²) < 4.78 is 13.0. The Morgan fingerprint density at radius 2 is 1.71 bits per heavy atom. The van der Waals surface area contributed by atoms with Gasteiger partial charge in [-0.25, -0.2) is 4.39 Å². The second kappa shape index (κ2) is 5.84. The fourth-order valence-corrected chi connectivity index (χ4v) is 2.71. The lowest BCUT2D eigenvalue weighted by Gasteiger charge is -2.36. The van der Waals surface area contributed by atoms with E-state index < -0.39 is 11.4 Å². The molecule has 5 heteroatoms. The summed E-state index contributed by atoms with van der Waals surface area (Å²) in [5.41, 5.74) is 0.0123. The predicted octanol–water partition coefficient (Wildman–Crippen LogP) is 2.43. The Bertz CT molecular complexity index is 531. The quantitative estimate of drug-likeness (QED) is 0.931. The molecule has 1 saturated heterocycles. The van der Waals surface area contributed by atoms with Gasteiger partial charge in [0.05, 0.1) is 11.3 Å². The molecule has 0 aromatic heterocycles. The summed E-state index contributed by atoms with van der Waals surface area (Å²) in [6, 6.07) is 5.94. The SMILES string of the molecule is CC(C)(C(=O)N1CCC(C(=O)O)CC1)c1ccc(F)cc1. The van der Waals surface area contributed by atoms with Crippen molar-refractivity contribution in [2.24, 2.45) is 5.92 Å².